The van der Waals surface area contributed by atoms with Gasteiger partial charge in [0.1, 0.15) is 0 Å². The highest BCUT2D eigenvalue weighted by atomic mass is 35.5. The van der Waals surface area contributed by atoms with Gasteiger partial charge >= 0.3 is 0 Å². The first kappa shape index (κ1) is 15.2. The molecule has 110 valence electrons. The van der Waals surface area contributed by atoms with Crippen molar-refractivity contribution in [2.75, 3.05) is 19.4 Å². The maximum absolute atomic E-state index is 12.7. The van der Waals surface area contributed by atoms with Crippen LogP contribution in [0.15, 0.2) is 18.2 Å². The number of hydrogen-bond donors (Lipinski definition) is 1. The molecular weight excluding hydrogens is 272 g/mol. The Kier molecular flexibility index (Phi) is 4.92. The van der Waals surface area contributed by atoms with Crippen molar-refractivity contribution in [2.24, 2.45) is 5.92 Å². The predicted octanol–water partition coefficient (Wildman–Crippen LogP) is 4.03. The zero-order valence-corrected chi connectivity index (χ0v) is 13.2. The van der Waals surface area contributed by atoms with Crippen LogP contribution in [0.1, 0.15) is 43.0 Å². The number of carbonyl (C=O) groups excluding carboxylic acids is 1. The first-order chi connectivity index (χ1) is 9.52. The quantitative estimate of drug-likeness (QED) is 0.913. The first-order valence-corrected chi connectivity index (χ1v) is 7.65. The smallest absolute Gasteiger partial charge is 0.255 e. The van der Waals surface area contributed by atoms with E-state index in [1.54, 1.807) is 12.1 Å². The molecule has 0 atom stereocenters. The largest absolute Gasteiger partial charge is 0.387 e. The maximum Gasteiger partial charge on any atom is 0.255 e. The average Bonchev–Trinajstić information content (AvgIpc) is 2.46. The summed E-state index contributed by atoms with van der Waals surface area (Å²) >= 11 is 6.03. The van der Waals surface area contributed by atoms with Crippen molar-refractivity contribution in [3.63, 3.8) is 0 Å². The van der Waals surface area contributed by atoms with E-state index in [2.05, 4.69) is 12.2 Å². The molecule has 0 spiro atoms. The number of halogens is 1. The summed E-state index contributed by atoms with van der Waals surface area (Å²) in [5.74, 6) is 0.838. The van der Waals surface area contributed by atoms with Gasteiger partial charge in [-0.1, -0.05) is 18.5 Å². The van der Waals surface area contributed by atoms with Crippen LogP contribution in [0.3, 0.4) is 0 Å². The molecule has 1 fully saturated rings. The summed E-state index contributed by atoms with van der Waals surface area (Å²) in [5, 5.41) is 3.66. The molecule has 0 unspecified atom stereocenters. The molecule has 0 saturated heterocycles. The number of nitrogens with one attached hydrogen (secondary N) is 1. The van der Waals surface area contributed by atoms with Gasteiger partial charge in [0.2, 0.25) is 0 Å². The van der Waals surface area contributed by atoms with Crippen LogP contribution in [0, 0.1) is 5.92 Å². The van der Waals surface area contributed by atoms with Crippen LogP contribution in [0.2, 0.25) is 5.02 Å². The summed E-state index contributed by atoms with van der Waals surface area (Å²) in [5.41, 5.74) is 1.48. The number of nitrogens with zero attached hydrogens (tertiary/aromatic N) is 1. The zero-order chi connectivity index (χ0) is 14.7. The lowest BCUT2D eigenvalue weighted by Gasteiger charge is -2.34. The fraction of sp³-hybridized carbons (Fsp3) is 0.562. The highest BCUT2D eigenvalue weighted by molar-refractivity contribution is 6.31. The van der Waals surface area contributed by atoms with Crippen LogP contribution in [0.5, 0.6) is 0 Å². The lowest BCUT2D eigenvalue weighted by Crippen LogP contribution is -2.39. The van der Waals surface area contributed by atoms with Crippen molar-refractivity contribution >= 4 is 23.2 Å². The number of benzene rings is 1. The molecule has 1 amide bonds. The van der Waals surface area contributed by atoms with Gasteiger partial charge in [-0.15, -0.1) is 0 Å². The molecule has 1 aromatic carbocycles. The lowest BCUT2D eigenvalue weighted by atomic mass is 9.86. The number of rotatable bonds is 3. The van der Waals surface area contributed by atoms with Crippen LogP contribution in [-0.2, 0) is 0 Å². The SMILES string of the molecule is CNc1ccc(Cl)cc1C(=O)N(C)C1CCC(C)CC1. The third-order valence-electron chi connectivity index (χ3n) is 4.33. The normalized spacial score (nSPS) is 22.4. The van der Waals surface area contributed by atoms with Gasteiger partial charge in [-0.05, 0) is 49.8 Å². The maximum atomic E-state index is 12.7. The first-order valence-electron chi connectivity index (χ1n) is 7.27. The Bertz CT molecular complexity index is 481. The molecule has 0 aliphatic heterocycles. The van der Waals surface area contributed by atoms with E-state index in [9.17, 15) is 4.79 Å². The molecule has 0 aromatic heterocycles. The van der Waals surface area contributed by atoms with E-state index in [0.29, 0.717) is 16.6 Å². The van der Waals surface area contributed by atoms with Crippen molar-refractivity contribution in [1.82, 2.24) is 4.90 Å². The predicted molar refractivity (Wildman–Crippen MR) is 84.5 cm³/mol. The van der Waals surface area contributed by atoms with E-state index in [1.807, 2.05) is 25.1 Å². The summed E-state index contributed by atoms with van der Waals surface area (Å²) < 4.78 is 0. The number of hydrogen-bond acceptors (Lipinski definition) is 2. The fourth-order valence-electron chi connectivity index (χ4n) is 2.90. The Morgan fingerprint density at radius 3 is 2.55 bits per heavy atom. The van der Waals surface area contributed by atoms with E-state index < -0.39 is 0 Å². The van der Waals surface area contributed by atoms with Gasteiger partial charge in [0, 0.05) is 30.8 Å². The molecule has 4 heteroatoms. The van der Waals surface area contributed by atoms with E-state index in [-0.39, 0.29) is 5.91 Å². The fourth-order valence-corrected chi connectivity index (χ4v) is 3.07. The van der Waals surface area contributed by atoms with Crippen molar-refractivity contribution in [1.29, 1.82) is 0 Å². The standard InChI is InChI=1S/C16H23ClN2O/c1-11-4-7-13(8-5-11)19(3)16(20)14-10-12(17)6-9-15(14)18-2/h6,9-11,13,18H,4-5,7-8H2,1-3H3. The zero-order valence-electron chi connectivity index (χ0n) is 12.4. The molecule has 1 aliphatic carbocycles. The minimum Gasteiger partial charge on any atom is -0.387 e. The molecule has 0 radical (unpaired) electrons. The molecule has 3 nitrogen and oxygen atoms in total. The molecule has 1 N–H and O–H groups in total. The van der Waals surface area contributed by atoms with Gasteiger partial charge in [-0.25, -0.2) is 0 Å². The van der Waals surface area contributed by atoms with Crippen LogP contribution in [0.25, 0.3) is 0 Å². The Hall–Kier alpha value is -1.22. The topological polar surface area (TPSA) is 32.3 Å². The monoisotopic (exact) mass is 294 g/mol. The Morgan fingerprint density at radius 1 is 1.30 bits per heavy atom. The summed E-state index contributed by atoms with van der Waals surface area (Å²) in [6.07, 6.45) is 4.60. The molecular formula is C16H23ClN2O. The third-order valence-corrected chi connectivity index (χ3v) is 4.57. The van der Waals surface area contributed by atoms with E-state index in [0.717, 1.165) is 24.4 Å². The van der Waals surface area contributed by atoms with Crippen LogP contribution < -0.4 is 5.32 Å². The van der Waals surface area contributed by atoms with Crippen molar-refractivity contribution < 1.29 is 4.79 Å². The second-order valence-electron chi connectivity index (χ2n) is 5.77. The van der Waals surface area contributed by atoms with Gasteiger partial charge in [0.15, 0.2) is 0 Å². The second kappa shape index (κ2) is 6.49. The molecule has 1 aromatic rings. The third kappa shape index (κ3) is 3.26. The Balaban J connectivity index is 2.16. The second-order valence-corrected chi connectivity index (χ2v) is 6.21. The minimum absolute atomic E-state index is 0.0522. The molecule has 0 bridgehead atoms. The van der Waals surface area contributed by atoms with Crippen LogP contribution in [-0.4, -0.2) is 30.9 Å². The molecule has 20 heavy (non-hydrogen) atoms. The number of amides is 1. The number of anilines is 1. The van der Waals surface area contributed by atoms with E-state index in [4.69, 9.17) is 11.6 Å². The summed E-state index contributed by atoms with van der Waals surface area (Å²) in [6, 6.07) is 5.75. The van der Waals surface area contributed by atoms with E-state index >= 15 is 0 Å². The van der Waals surface area contributed by atoms with Crippen LogP contribution in [0.4, 0.5) is 5.69 Å². The molecule has 1 saturated carbocycles. The lowest BCUT2D eigenvalue weighted by molar-refractivity contribution is 0.0680. The van der Waals surface area contributed by atoms with Gasteiger partial charge in [-0.3, -0.25) is 4.79 Å². The van der Waals surface area contributed by atoms with Crippen molar-refractivity contribution in [2.45, 2.75) is 38.6 Å². The summed E-state index contributed by atoms with van der Waals surface area (Å²) in [4.78, 5) is 14.6. The molecule has 0 heterocycles. The molecule has 1 aliphatic rings. The van der Waals surface area contributed by atoms with Gasteiger partial charge in [-0.2, -0.15) is 0 Å². The average molecular weight is 295 g/mol. The summed E-state index contributed by atoms with van der Waals surface area (Å²) in [7, 11) is 3.73. The Morgan fingerprint density at radius 2 is 1.95 bits per heavy atom. The van der Waals surface area contributed by atoms with Gasteiger partial charge in [0.05, 0.1) is 5.56 Å². The summed E-state index contributed by atoms with van der Waals surface area (Å²) in [6.45, 7) is 2.29. The highest BCUT2D eigenvalue weighted by Gasteiger charge is 2.26. The van der Waals surface area contributed by atoms with Gasteiger partial charge < -0.3 is 10.2 Å². The van der Waals surface area contributed by atoms with Crippen molar-refractivity contribution in [3.05, 3.63) is 28.8 Å². The molecule has 2 rings (SSSR count). The highest BCUT2D eigenvalue weighted by Crippen LogP contribution is 2.29. The van der Waals surface area contributed by atoms with Crippen molar-refractivity contribution in [3.8, 4) is 0 Å². The Labute approximate surface area is 126 Å². The minimum atomic E-state index is 0.0522. The number of carbonyl (C=O) groups is 1. The van der Waals surface area contributed by atoms with E-state index in [1.165, 1.54) is 12.8 Å². The van der Waals surface area contributed by atoms with Crippen LogP contribution >= 0.6 is 11.6 Å². The van der Waals surface area contributed by atoms with Gasteiger partial charge in [0.25, 0.3) is 5.91 Å².